The normalized spacial score (nSPS) is 23.2. The largest absolute Gasteiger partial charge is 0.444 e. The van der Waals surface area contributed by atoms with Crippen molar-refractivity contribution in [3.05, 3.63) is 64.5 Å². The number of rotatable bonds is 4. The van der Waals surface area contributed by atoms with Gasteiger partial charge in [-0.2, -0.15) is 0 Å². The standard InChI is InChI=1S/C27H32N6O4/c1-17-12-18(25(29)33-9-3-6-24(33)28)4-2-5-22(17)31-26(34)23-13-20-15-32(10-7-19(20)14-30-23)27(35)37-21-8-11-36-16-21/h2,4-5,12-14,21-22,28-29H,3,6-11,15-16H2,1H3,(H,31,34). The molecule has 2 saturated heterocycles. The van der Waals surface area contributed by atoms with Crippen LogP contribution >= 0.6 is 0 Å². The molecular formula is C27H32N6O4. The van der Waals surface area contributed by atoms with Gasteiger partial charge in [0.25, 0.3) is 5.91 Å². The fraction of sp³-hybridized carbons (Fsp3) is 0.444. The summed E-state index contributed by atoms with van der Waals surface area (Å²) >= 11 is 0. The molecule has 10 nitrogen and oxygen atoms in total. The number of allylic oxidation sites excluding steroid dienone is 2. The van der Waals surface area contributed by atoms with E-state index in [9.17, 15) is 9.59 Å². The molecule has 2 amide bonds. The van der Waals surface area contributed by atoms with Crippen molar-refractivity contribution >= 4 is 23.7 Å². The summed E-state index contributed by atoms with van der Waals surface area (Å²) in [5.41, 5.74) is 3.79. The summed E-state index contributed by atoms with van der Waals surface area (Å²) in [6.45, 7) is 4.56. The van der Waals surface area contributed by atoms with Crippen molar-refractivity contribution in [1.29, 1.82) is 10.8 Å². The molecule has 10 heteroatoms. The van der Waals surface area contributed by atoms with Gasteiger partial charge >= 0.3 is 6.09 Å². The summed E-state index contributed by atoms with van der Waals surface area (Å²) in [7, 11) is 0. The molecule has 0 radical (unpaired) electrons. The number of likely N-dealkylation sites (tertiary alicyclic amines) is 1. The van der Waals surface area contributed by atoms with Gasteiger partial charge in [-0.15, -0.1) is 0 Å². The smallest absolute Gasteiger partial charge is 0.410 e. The van der Waals surface area contributed by atoms with E-state index >= 15 is 0 Å². The molecule has 1 aromatic heterocycles. The van der Waals surface area contributed by atoms with Crippen molar-refractivity contribution in [3.63, 3.8) is 0 Å². The maximum atomic E-state index is 13.1. The van der Waals surface area contributed by atoms with Gasteiger partial charge in [-0.3, -0.25) is 20.6 Å². The van der Waals surface area contributed by atoms with Crippen molar-refractivity contribution in [2.24, 2.45) is 0 Å². The molecule has 0 bridgehead atoms. The highest BCUT2D eigenvalue weighted by atomic mass is 16.6. The lowest BCUT2D eigenvalue weighted by Crippen LogP contribution is -2.39. The van der Waals surface area contributed by atoms with E-state index in [2.05, 4.69) is 10.3 Å². The van der Waals surface area contributed by atoms with E-state index in [0.717, 1.165) is 23.1 Å². The number of ether oxygens (including phenoxy) is 2. The molecule has 3 aliphatic heterocycles. The van der Waals surface area contributed by atoms with Crippen LogP contribution in [0, 0.1) is 10.8 Å². The fourth-order valence-electron chi connectivity index (χ4n) is 4.95. The van der Waals surface area contributed by atoms with E-state index in [-0.39, 0.29) is 29.8 Å². The number of amidine groups is 2. The third kappa shape index (κ3) is 5.48. The molecule has 0 saturated carbocycles. The van der Waals surface area contributed by atoms with Crippen LogP contribution in [0.25, 0.3) is 0 Å². The SMILES string of the molecule is CC1=CC(C(=N)N2CCCC2=N)=CC=CC1NC(=O)c1cc2c(cn1)CCN(C(=O)OC1CCOC1)C2. The number of fused-ring (bicyclic) bond motifs is 1. The van der Waals surface area contributed by atoms with Gasteiger partial charge < -0.3 is 24.6 Å². The first-order chi connectivity index (χ1) is 17.9. The lowest BCUT2D eigenvalue weighted by atomic mass is 10.0. The second kappa shape index (κ2) is 10.7. The molecule has 2 atom stereocenters. The van der Waals surface area contributed by atoms with Gasteiger partial charge in [0.1, 0.15) is 23.5 Å². The Morgan fingerprint density at radius 1 is 1.24 bits per heavy atom. The minimum atomic E-state index is -0.356. The summed E-state index contributed by atoms with van der Waals surface area (Å²) in [5.74, 6) is 0.458. The van der Waals surface area contributed by atoms with Crippen LogP contribution in [-0.2, 0) is 22.4 Å². The highest BCUT2D eigenvalue weighted by Crippen LogP contribution is 2.22. The predicted octanol–water partition coefficient (Wildman–Crippen LogP) is 2.96. The molecule has 5 rings (SSSR count). The molecular weight excluding hydrogens is 472 g/mol. The predicted molar refractivity (Wildman–Crippen MR) is 138 cm³/mol. The Kier molecular flexibility index (Phi) is 7.18. The Morgan fingerprint density at radius 3 is 2.86 bits per heavy atom. The van der Waals surface area contributed by atoms with Gasteiger partial charge in [0, 0.05) is 44.2 Å². The molecule has 0 aromatic carbocycles. The van der Waals surface area contributed by atoms with Crippen molar-refractivity contribution in [2.45, 2.75) is 51.3 Å². The quantitative estimate of drug-likeness (QED) is 0.427. The van der Waals surface area contributed by atoms with Crippen LogP contribution in [0.15, 0.2) is 47.7 Å². The minimum Gasteiger partial charge on any atom is -0.444 e. The zero-order valence-electron chi connectivity index (χ0n) is 21.0. The Bertz CT molecular complexity index is 1210. The number of hydrogen-bond donors (Lipinski definition) is 3. The number of nitrogens with zero attached hydrogens (tertiary/aromatic N) is 3. The van der Waals surface area contributed by atoms with Gasteiger partial charge in [0.2, 0.25) is 0 Å². The Hall–Kier alpha value is -3.79. The third-order valence-electron chi connectivity index (χ3n) is 7.15. The molecule has 1 aromatic rings. The van der Waals surface area contributed by atoms with Crippen LogP contribution in [0.5, 0.6) is 0 Å². The fourth-order valence-corrected chi connectivity index (χ4v) is 4.95. The van der Waals surface area contributed by atoms with E-state index in [1.165, 1.54) is 0 Å². The monoisotopic (exact) mass is 504 g/mol. The van der Waals surface area contributed by atoms with Crippen molar-refractivity contribution in [2.75, 3.05) is 26.3 Å². The highest BCUT2D eigenvalue weighted by molar-refractivity contribution is 6.09. The highest BCUT2D eigenvalue weighted by Gasteiger charge is 2.28. The first-order valence-corrected chi connectivity index (χ1v) is 12.7. The number of carbonyl (C=O) groups is 2. The van der Waals surface area contributed by atoms with Crippen LogP contribution < -0.4 is 5.32 Å². The van der Waals surface area contributed by atoms with Gasteiger partial charge in [-0.1, -0.05) is 18.2 Å². The molecule has 4 aliphatic rings. The van der Waals surface area contributed by atoms with Crippen LogP contribution in [0.3, 0.4) is 0 Å². The van der Waals surface area contributed by atoms with E-state index in [0.29, 0.717) is 69.4 Å². The zero-order valence-corrected chi connectivity index (χ0v) is 21.0. The maximum Gasteiger partial charge on any atom is 0.410 e. The molecule has 1 aliphatic carbocycles. The summed E-state index contributed by atoms with van der Waals surface area (Å²) in [4.78, 5) is 33.5. The van der Waals surface area contributed by atoms with Crippen LogP contribution in [0.2, 0.25) is 0 Å². The second-order valence-electron chi connectivity index (χ2n) is 9.78. The van der Waals surface area contributed by atoms with E-state index in [1.54, 1.807) is 22.1 Å². The van der Waals surface area contributed by atoms with Crippen molar-refractivity contribution in [1.82, 2.24) is 20.1 Å². The summed E-state index contributed by atoms with van der Waals surface area (Å²) in [6.07, 6.45) is 11.5. The summed E-state index contributed by atoms with van der Waals surface area (Å²) < 4.78 is 10.8. The number of carbonyl (C=O) groups excluding carboxylic acids is 2. The van der Waals surface area contributed by atoms with Crippen LogP contribution in [0.4, 0.5) is 4.79 Å². The van der Waals surface area contributed by atoms with E-state index < -0.39 is 0 Å². The molecule has 3 N–H and O–H groups in total. The Labute approximate surface area is 216 Å². The topological polar surface area (TPSA) is 132 Å². The number of nitrogens with one attached hydrogen (secondary N) is 3. The molecule has 0 spiro atoms. The van der Waals surface area contributed by atoms with E-state index in [4.69, 9.17) is 20.3 Å². The second-order valence-corrected chi connectivity index (χ2v) is 9.78. The molecule has 4 heterocycles. The first-order valence-electron chi connectivity index (χ1n) is 12.7. The molecule has 2 fully saturated rings. The summed E-state index contributed by atoms with van der Waals surface area (Å²) in [6, 6.07) is 1.39. The van der Waals surface area contributed by atoms with Gasteiger partial charge in [-0.05, 0) is 48.6 Å². The summed E-state index contributed by atoms with van der Waals surface area (Å²) in [5, 5.41) is 19.6. The lowest BCUT2D eigenvalue weighted by molar-refractivity contribution is 0.0516. The van der Waals surface area contributed by atoms with Gasteiger partial charge in [0.05, 0.1) is 19.3 Å². The number of aromatic nitrogens is 1. The molecule has 194 valence electrons. The minimum absolute atomic E-state index is 0.196. The molecule has 37 heavy (non-hydrogen) atoms. The average molecular weight is 505 g/mol. The number of pyridine rings is 1. The first kappa shape index (κ1) is 24.9. The van der Waals surface area contributed by atoms with E-state index in [1.807, 2.05) is 31.2 Å². The number of amides is 2. The number of hydrogen-bond acceptors (Lipinski definition) is 7. The van der Waals surface area contributed by atoms with Crippen molar-refractivity contribution < 1.29 is 19.1 Å². The van der Waals surface area contributed by atoms with Crippen LogP contribution in [0.1, 0.15) is 47.8 Å². The zero-order chi connectivity index (χ0) is 25.9. The molecule has 2 unspecified atom stereocenters. The van der Waals surface area contributed by atoms with Crippen LogP contribution in [-0.4, -0.2) is 76.9 Å². The average Bonchev–Trinajstić information content (AvgIpc) is 3.53. The Morgan fingerprint density at radius 2 is 2.11 bits per heavy atom. The maximum absolute atomic E-state index is 13.1. The van der Waals surface area contributed by atoms with Gasteiger partial charge in [0.15, 0.2) is 0 Å². The Balaban J connectivity index is 1.23. The lowest BCUT2D eigenvalue weighted by Gasteiger charge is -2.29. The van der Waals surface area contributed by atoms with Gasteiger partial charge in [-0.25, -0.2) is 4.79 Å². The third-order valence-corrected chi connectivity index (χ3v) is 7.15. The van der Waals surface area contributed by atoms with Crippen molar-refractivity contribution in [3.8, 4) is 0 Å².